The summed E-state index contributed by atoms with van der Waals surface area (Å²) in [5, 5.41) is 1.95. The molecule has 0 saturated heterocycles. The first-order valence-corrected chi connectivity index (χ1v) is 18.4. The Morgan fingerprint density at radius 3 is 0.875 bits per heavy atom. The number of fused-ring (bicyclic) bond motifs is 2. The summed E-state index contributed by atoms with van der Waals surface area (Å²) in [6.45, 7) is 0. The lowest BCUT2D eigenvalue weighted by molar-refractivity contribution is 1.07. The van der Waals surface area contributed by atoms with Gasteiger partial charge in [0.25, 0.3) is 0 Å². The molecule has 0 radical (unpaired) electrons. The van der Waals surface area contributed by atoms with Crippen LogP contribution in [0.25, 0.3) is 101 Å². The molecule has 0 saturated carbocycles. The number of hydrogen-bond acceptors (Lipinski definition) is 7. The van der Waals surface area contributed by atoms with Crippen molar-refractivity contribution in [2.24, 2.45) is 0 Å². The third-order valence-electron chi connectivity index (χ3n) is 9.71. The lowest BCUT2D eigenvalue weighted by atomic mass is 10.0. The van der Waals surface area contributed by atoms with Crippen molar-refractivity contribution >= 4 is 21.8 Å². The van der Waals surface area contributed by atoms with E-state index in [4.69, 9.17) is 34.9 Å². The second-order valence-electron chi connectivity index (χ2n) is 13.4. The minimum Gasteiger partial charge on any atom is -0.228 e. The molecule has 0 bridgehead atoms. The zero-order valence-corrected chi connectivity index (χ0v) is 30.0. The molecule has 0 amide bonds. The van der Waals surface area contributed by atoms with Crippen LogP contribution in [0.5, 0.6) is 0 Å². The van der Waals surface area contributed by atoms with Crippen LogP contribution in [0.1, 0.15) is 0 Å². The van der Waals surface area contributed by atoms with Gasteiger partial charge in [0.2, 0.25) is 0 Å². The Balaban J connectivity index is 1.25. The summed E-state index contributed by atoms with van der Waals surface area (Å²) < 4.78 is 0. The van der Waals surface area contributed by atoms with Gasteiger partial charge in [0.15, 0.2) is 29.1 Å². The van der Waals surface area contributed by atoms with Gasteiger partial charge in [0, 0.05) is 49.7 Å². The van der Waals surface area contributed by atoms with E-state index in [-0.39, 0.29) is 0 Å². The lowest BCUT2D eigenvalue weighted by Gasteiger charge is -2.14. The smallest absolute Gasteiger partial charge is 0.164 e. The second-order valence-corrected chi connectivity index (χ2v) is 13.4. The highest BCUT2D eigenvalue weighted by atomic mass is 15.0. The molecule has 0 atom stereocenters. The second kappa shape index (κ2) is 14.2. The maximum Gasteiger partial charge on any atom is 0.164 e. The third-order valence-corrected chi connectivity index (χ3v) is 9.71. The molecule has 7 nitrogen and oxygen atoms in total. The topological polar surface area (TPSA) is 90.2 Å². The summed E-state index contributed by atoms with van der Waals surface area (Å²) in [6.07, 6.45) is 0. The molecule has 0 fully saturated rings. The number of para-hydroxylation sites is 2. The first kappa shape index (κ1) is 32.8. The van der Waals surface area contributed by atoms with E-state index in [1.54, 1.807) is 0 Å². The van der Waals surface area contributed by atoms with Gasteiger partial charge in [-0.1, -0.05) is 158 Å². The van der Waals surface area contributed by atoms with E-state index in [0.29, 0.717) is 29.1 Å². The van der Waals surface area contributed by atoms with E-state index < -0.39 is 0 Å². The highest BCUT2D eigenvalue weighted by Crippen LogP contribution is 2.36. The van der Waals surface area contributed by atoms with Crippen LogP contribution in [-0.4, -0.2) is 34.9 Å². The number of hydrogen-bond donors (Lipinski definition) is 0. The average molecular weight is 718 g/mol. The van der Waals surface area contributed by atoms with Gasteiger partial charge in [-0.05, 0) is 30.3 Å². The molecule has 10 aromatic rings. The minimum absolute atomic E-state index is 0.508. The Bertz CT molecular complexity index is 2810. The van der Waals surface area contributed by atoms with Gasteiger partial charge in [-0.2, -0.15) is 0 Å². The van der Waals surface area contributed by atoms with E-state index in [2.05, 4.69) is 54.6 Å². The molecule has 0 unspecified atom stereocenters. The van der Waals surface area contributed by atoms with Crippen molar-refractivity contribution in [1.82, 2.24) is 34.9 Å². The van der Waals surface area contributed by atoms with E-state index in [9.17, 15) is 0 Å². The summed E-state index contributed by atoms with van der Waals surface area (Å²) >= 11 is 0. The van der Waals surface area contributed by atoms with Crippen LogP contribution < -0.4 is 0 Å². The van der Waals surface area contributed by atoms with E-state index in [1.165, 1.54) is 0 Å². The molecular formula is C49H31N7. The van der Waals surface area contributed by atoms with Crippen molar-refractivity contribution in [3.05, 3.63) is 188 Å². The fraction of sp³-hybridized carbons (Fsp3) is 0. The Morgan fingerprint density at radius 1 is 0.214 bits per heavy atom. The maximum absolute atomic E-state index is 5.25. The molecule has 7 heteroatoms. The Labute approximate surface area is 323 Å². The van der Waals surface area contributed by atoms with Gasteiger partial charge in [-0.15, -0.1) is 0 Å². The Morgan fingerprint density at radius 2 is 0.500 bits per heavy atom. The average Bonchev–Trinajstić information content (AvgIpc) is 3.29. The van der Waals surface area contributed by atoms with Crippen LogP contribution in [0, 0.1) is 0 Å². The van der Waals surface area contributed by atoms with E-state index >= 15 is 0 Å². The molecule has 0 aliphatic rings. The number of nitrogens with zero attached hydrogens (tertiary/aromatic N) is 7. The molecule has 56 heavy (non-hydrogen) atoms. The fourth-order valence-electron chi connectivity index (χ4n) is 7.00. The zero-order chi connectivity index (χ0) is 37.3. The number of rotatable bonds is 7. The van der Waals surface area contributed by atoms with E-state index in [1.807, 2.05) is 133 Å². The monoisotopic (exact) mass is 717 g/mol. The van der Waals surface area contributed by atoms with Gasteiger partial charge >= 0.3 is 0 Å². The first-order valence-electron chi connectivity index (χ1n) is 18.4. The number of benzene rings is 7. The van der Waals surface area contributed by atoms with Crippen LogP contribution in [0.2, 0.25) is 0 Å². The van der Waals surface area contributed by atoms with Crippen molar-refractivity contribution in [3.8, 4) is 79.5 Å². The molecule has 0 N–H and O–H groups in total. The highest BCUT2D eigenvalue weighted by Gasteiger charge is 2.19. The van der Waals surface area contributed by atoms with Gasteiger partial charge in [-0.25, -0.2) is 34.9 Å². The molecular weight excluding hydrogens is 687 g/mol. The van der Waals surface area contributed by atoms with Gasteiger partial charge in [0.1, 0.15) is 0 Å². The molecule has 0 spiro atoms. The zero-order valence-electron chi connectivity index (χ0n) is 30.0. The van der Waals surface area contributed by atoms with Crippen LogP contribution >= 0.6 is 0 Å². The fourth-order valence-corrected chi connectivity index (χ4v) is 7.00. The van der Waals surface area contributed by atoms with Crippen LogP contribution in [0.15, 0.2) is 188 Å². The molecule has 262 valence electrons. The van der Waals surface area contributed by atoms with Crippen molar-refractivity contribution in [3.63, 3.8) is 0 Å². The Hall–Kier alpha value is -7.77. The highest BCUT2D eigenvalue weighted by molar-refractivity contribution is 5.95. The van der Waals surface area contributed by atoms with Gasteiger partial charge < -0.3 is 0 Å². The van der Waals surface area contributed by atoms with Crippen molar-refractivity contribution < 1.29 is 0 Å². The summed E-state index contributed by atoms with van der Waals surface area (Å²) in [6, 6.07) is 62.9. The normalized spacial score (nSPS) is 11.2. The molecule has 3 heterocycles. The van der Waals surface area contributed by atoms with Crippen molar-refractivity contribution in [2.45, 2.75) is 0 Å². The lowest BCUT2D eigenvalue weighted by Crippen LogP contribution is -2.02. The summed E-state index contributed by atoms with van der Waals surface area (Å²) in [5.41, 5.74) is 9.49. The molecule has 0 aliphatic carbocycles. The van der Waals surface area contributed by atoms with Crippen LogP contribution in [0.3, 0.4) is 0 Å². The molecule has 3 aromatic heterocycles. The van der Waals surface area contributed by atoms with E-state index in [0.717, 1.165) is 72.1 Å². The SMILES string of the molecule is c1ccc(-c2nc(-c3ccccc3)nc(-c3cc(-c4nc(-c5ccccc5)c5ccccc5n4)cc(-c4nc(-c5ccccc5)c5ccccc5n4)c3)n2)cc1. The first-order chi connectivity index (χ1) is 27.7. The summed E-state index contributed by atoms with van der Waals surface area (Å²) in [4.78, 5) is 35.9. The maximum atomic E-state index is 5.25. The van der Waals surface area contributed by atoms with Gasteiger partial charge in [-0.3, -0.25) is 0 Å². The largest absolute Gasteiger partial charge is 0.228 e. The number of aromatic nitrogens is 7. The van der Waals surface area contributed by atoms with Gasteiger partial charge in [0.05, 0.1) is 22.4 Å². The van der Waals surface area contributed by atoms with Crippen LogP contribution in [-0.2, 0) is 0 Å². The predicted molar refractivity (Wildman–Crippen MR) is 224 cm³/mol. The molecule has 7 aromatic carbocycles. The molecule has 0 aliphatic heterocycles. The minimum atomic E-state index is 0.508. The quantitative estimate of drug-likeness (QED) is 0.162. The van der Waals surface area contributed by atoms with Crippen LogP contribution in [0.4, 0.5) is 0 Å². The standard InChI is InChI=1S/C49H31N7/c1-5-17-32(18-6-1)43-39-25-13-15-27-41(39)50-47(52-43)36-29-37(48-51-42-28-16-14-26-40(42)44(53-48)33-19-7-2-8-20-33)31-38(30-36)49-55-45(34-21-9-3-10-22-34)54-46(56-49)35-23-11-4-12-24-35/h1-31H. The Kier molecular flexibility index (Phi) is 8.35. The summed E-state index contributed by atoms with van der Waals surface area (Å²) in [7, 11) is 0. The molecule has 10 rings (SSSR count). The summed E-state index contributed by atoms with van der Waals surface area (Å²) in [5.74, 6) is 2.78. The van der Waals surface area contributed by atoms with Crippen molar-refractivity contribution in [2.75, 3.05) is 0 Å². The third kappa shape index (κ3) is 6.33. The predicted octanol–water partition coefficient (Wildman–Crippen LogP) is 11.4. The van der Waals surface area contributed by atoms with Crippen molar-refractivity contribution in [1.29, 1.82) is 0 Å².